The lowest BCUT2D eigenvalue weighted by Crippen LogP contribution is -2.35. The van der Waals surface area contributed by atoms with Crippen molar-refractivity contribution in [3.8, 4) is 0 Å². The molecule has 0 bridgehead atoms. The van der Waals surface area contributed by atoms with Crippen molar-refractivity contribution in [3.63, 3.8) is 0 Å². The maximum atomic E-state index is 6.20. The van der Waals surface area contributed by atoms with Crippen LogP contribution >= 0.6 is 0 Å². The molecule has 1 heterocycles. The van der Waals surface area contributed by atoms with Gasteiger partial charge in [0.25, 0.3) is 0 Å². The van der Waals surface area contributed by atoms with E-state index in [0.29, 0.717) is 0 Å². The lowest BCUT2D eigenvalue weighted by molar-refractivity contribution is -0.0406. The normalized spacial score (nSPS) is 23.8. The topological polar surface area (TPSA) is 21.3 Å². The Kier molecular flexibility index (Phi) is 3.40. The average molecular weight is 239 g/mol. The molecule has 0 saturated carbocycles. The first-order valence-corrected chi connectivity index (χ1v) is 6.39. The van der Waals surface area contributed by atoms with Gasteiger partial charge in [0.2, 0.25) is 0 Å². The number of hydrogen-bond acceptors (Lipinski definition) is 2. The Morgan fingerprint density at radius 2 is 1.17 bits per heavy atom. The maximum absolute atomic E-state index is 6.20. The minimum absolute atomic E-state index is 0.144. The fraction of sp³-hybridized carbons (Fsp3) is 0.250. The molecule has 92 valence electrons. The van der Waals surface area contributed by atoms with Crippen LogP contribution in [0.2, 0.25) is 0 Å². The molecule has 0 radical (unpaired) electrons. The van der Waals surface area contributed by atoms with Crippen LogP contribution in [0.3, 0.4) is 0 Å². The molecule has 0 spiro atoms. The van der Waals surface area contributed by atoms with Crippen LogP contribution in [0.5, 0.6) is 0 Å². The number of benzene rings is 2. The number of morpholine rings is 1. The van der Waals surface area contributed by atoms with Gasteiger partial charge in [-0.1, -0.05) is 60.7 Å². The van der Waals surface area contributed by atoms with Crippen LogP contribution in [-0.2, 0) is 4.74 Å². The van der Waals surface area contributed by atoms with E-state index >= 15 is 0 Å². The highest BCUT2D eigenvalue weighted by atomic mass is 16.5. The summed E-state index contributed by atoms with van der Waals surface area (Å²) in [7, 11) is 0. The Balaban J connectivity index is 1.77. The molecule has 0 aliphatic carbocycles. The van der Waals surface area contributed by atoms with Crippen LogP contribution in [0.4, 0.5) is 0 Å². The molecule has 1 fully saturated rings. The summed E-state index contributed by atoms with van der Waals surface area (Å²) in [4.78, 5) is 0. The fourth-order valence-corrected chi connectivity index (χ4v) is 2.37. The number of rotatable bonds is 2. The van der Waals surface area contributed by atoms with Crippen molar-refractivity contribution in [1.82, 2.24) is 5.32 Å². The lowest BCUT2D eigenvalue weighted by Gasteiger charge is -2.31. The van der Waals surface area contributed by atoms with Gasteiger partial charge in [0, 0.05) is 13.1 Å². The van der Waals surface area contributed by atoms with E-state index in [1.54, 1.807) is 0 Å². The summed E-state index contributed by atoms with van der Waals surface area (Å²) < 4.78 is 6.20. The van der Waals surface area contributed by atoms with Gasteiger partial charge in [0.1, 0.15) is 0 Å². The summed E-state index contributed by atoms with van der Waals surface area (Å²) in [6, 6.07) is 20.8. The predicted octanol–water partition coefficient (Wildman–Crippen LogP) is 3.09. The summed E-state index contributed by atoms with van der Waals surface area (Å²) in [5.41, 5.74) is 2.48. The van der Waals surface area contributed by atoms with Crippen molar-refractivity contribution in [3.05, 3.63) is 71.8 Å². The van der Waals surface area contributed by atoms with Crippen LogP contribution < -0.4 is 5.32 Å². The Labute approximate surface area is 108 Å². The Morgan fingerprint density at radius 1 is 0.722 bits per heavy atom. The Bertz CT molecular complexity index is 437. The zero-order valence-electron chi connectivity index (χ0n) is 10.3. The fourth-order valence-electron chi connectivity index (χ4n) is 2.37. The molecule has 18 heavy (non-hydrogen) atoms. The molecule has 1 aliphatic rings. The summed E-state index contributed by atoms with van der Waals surface area (Å²) >= 11 is 0. The molecule has 1 N–H and O–H groups in total. The molecule has 3 rings (SSSR count). The second-order valence-electron chi connectivity index (χ2n) is 4.59. The lowest BCUT2D eigenvalue weighted by atomic mass is 10.0. The standard InChI is InChI=1S/C16H17NO/c1-3-7-13(8-4-1)15-11-17-12-16(18-15)14-9-5-2-6-10-14/h1-10,15-17H,11-12H2/t15-,16+. The highest BCUT2D eigenvalue weighted by Gasteiger charge is 2.24. The molecular weight excluding hydrogens is 222 g/mol. The molecule has 2 aromatic carbocycles. The van der Waals surface area contributed by atoms with Gasteiger partial charge in [-0.15, -0.1) is 0 Å². The van der Waals surface area contributed by atoms with Crippen molar-refractivity contribution in [1.29, 1.82) is 0 Å². The molecule has 0 unspecified atom stereocenters. The molecule has 0 amide bonds. The van der Waals surface area contributed by atoms with E-state index in [4.69, 9.17) is 4.74 Å². The van der Waals surface area contributed by atoms with Crippen LogP contribution in [-0.4, -0.2) is 13.1 Å². The minimum atomic E-state index is 0.144. The van der Waals surface area contributed by atoms with Crippen molar-refractivity contribution in [2.75, 3.05) is 13.1 Å². The SMILES string of the molecule is c1ccc([C@@H]2CNC[C@H](c3ccccc3)O2)cc1. The largest absolute Gasteiger partial charge is 0.363 e. The highest BCUT2D eigenvalue weighted by Crippen LogP contribution is 2.28. The van der Waals surface area contributed by atoms with E-state index in [1.807, 2.05) is 12.1 Å². The number of nitrogens with one attached hydrogen (secondary N) is 1. The van der Waals surface area contributed by atoms with Crippen molar-refractivity contribution in [2.24, 2.45) is 0 Å². The Morgan fingerprint density at radius 3 is 1.61 bits per heavy atom. The van der Waals surface area contributed by atoms with Crippen molar-refractivity contribution in [2.45, 2.75) is 12.2 Å². The highest BCUT2D eigenvalue weighted by molar-refractivity contribution is 5.21. The van der Waals surface area contributed by atoms with Gasteiger partial charge >= 0.3 is 0 Å². The first-order valence-electron chi connectivity index (χ1n) is 6.39. The smallest absolute Gasteiger partial charge is 0.0958 e. The van der Waals surface area contributed by atoms with Gasteiger partial charge in [-0.2, -0.15) is 0 Å². The van der Waals surface area contributed by atoms with Gasteiger partial charge in [-0.25, -0.2) is 0 Å². The van der Waals surface area contributed by atoms with Crippen molar-refractivity contribution >= 4 is 0 Å². The van der Waals surface area contributed by atoms with Gasteiger partial charge in [-0.3, -0.25) is 0 Å². The third-order valence-corrected chi connectivity index (χ3v) is 3.33. The predicted molar refractivity (Wildman–Crippen MR) is 72.3 cm³/mol. The van der Waals surface area contributed by atoms with Crippen LogP contribution in [0.15, 0.2) is 60.7 Å². The van der Waals surface area contributed by atoms with Gasteiger partial charge in [0.05, 0.1) is 12.2 Å². The quantitative estimate of drug-likeness (QED) is 0.869. The van der Waals surface area contributed by atoms with E-state index in [9.17, 15) is 0 Å². The summed E-state index contributed by atoms with van der Waals surface area (Å²) in [5.74, 6) is 0. The molecule has 2 atom stereocenters. The van der Waals surface area contributed by atoms with Gasteiger partial charge in [-0.05, 0) is 11.1 Å². The maximum Gasteiger partial charge on any atom is 0.0958 e. The first kappa shape index (κ1) is 11.5. The zero-order chi connectivity index (χ0) is 12.2. The second-order valence-corrected chi connectivity index (χ2v) is 4.59. The van der Waals surface area contributed by atoms with E-state index < -0.39 is 0 Å². The van der Waals surface area contributed by atoms with E-state index in [0.717, 1.165) is 13.1 Å². The summed E-state index contributed by atoms with van der Waals surface area (Å²) in [6.07, 6.45) is 0.287. The minimum Gasteiger partial charge on any atom is -0.363 e. The van der Waals surface area contributed by atoms with Crippen LogP contribution in [0.1, 0.15) is 23.3 Å². The second kappa shape index (κ2) is 5.34. The number of hydrogen-bond donors (Lipinski definition) is 1. The molecular formula is C16H17NO. The Hall–Kier alpha value is -1.64. The molecule has 1 saturated heterocycles. The van der Waals surface area contributed by atoms with Crippen LogP contribution in [0, 0.1) is 0 Å². The molecule has 2 heteroatoms. The molecule has 2 nitrogen and oxygen atoms in total. The van der Waals surface area contributed by atoms with E-state index in [1.165, 1.54) is 11.1 Å². The number of ether oxygens (including phenoxy) is 1. The van der Waals surface area contributed by atoms with Gasteiger partial charge in [0.15, 0.2) is 0 Å². The summed E-state index contributed by atoms with van der Waals surface area (Å²) in [6.45, 7) is 1.76. The zero-order valence-corrected chi connectivity index (χ0v) is 10.3. The molecule has 1 aliphatic heterocycles. The van der Waals surface area contributed by atoms with Crippen LogP contribution in [0.25, 0.3) is 0 Å². The first-order chi connectivity index (χ1) is 8.93. The molecule has 2 aromatic rings. The monoisotopic (exact) mass is 239 g/mol. The van der Waals surface area contributed by atoms with Crippen molar-refractivity contribution < 1.29 is 4.74 Å². The average Bonchev–Trinajstić information content (AvgIpc) is 2.49. The molecule has 0 aromatic heterocycles. The van der Waals surface area contributed by atoms with Gasteiger partial charge < -0.3 is 10.1 Å². The third kappa shape index (κ3) is 2.45. The summed E-state index contributed by atoms with van der Waals surface area (Å²) in [5, 5.41) is 3.46. The van der Waals surface area contributed by atoms with E-state index in [2.05, 4.69) is 53.8 Å². The van der Waals surface area contributed by atoms with E-state index in [-0.39, 0.29) is 12.2 Å². The third-order valence-electron chi connectivity index (χ3n) is 3.33.